The summed E-state index contributed by atoms with van der Waals surface area (Å²) < 4.78 is 69.5. The number of nitrogens with zero attached hydrogens (tertiary/aromatic N) is 2. The van der Waals surface area contributed by atoms with Gasteiger partial charge in [-0.3, -0.25) is 4.72 Å². The molecule has 1 aromatic heterocycles. The van der Waals surface area contributed by atoms with Crippen LogP contribution in [0.5, 0.6) is 0 Å². The second-order valence-corrected chi connectivity index (χ2v) is 8.59. The molecule has 33 heavy (non-hydrogen) atoms. The first-order chi connectivity index (χ1) is 15.7. The Morgan fingerprint density at radius 1 is 0.818 bits per heavy atom. The van der Waals surface area contributed by atoms with Crippen LogP contribution in [0.25, 0.3) is 23.3 Å². The highest BCUT2D eigenvalue weighted by molar-refractivity contribution is 7.92. The van der Waals surface area contributed by atoms with E-state index >= 15 is 0 Å². The fraction of sp³-hybridized carbons (Fsp3) is 0.0435. The number of benzene rings is 3. The summed E-state index contributed by atoms with van der Waals surface area (Å²) in [5.41, 5.74) is 2.81. The molecule has 0 radical (unpaired) electrons. The molecular weight excluding hydrogens is 455 g/mol. The maximum atomic E-state index is 12.7. The Morgan fingerprint density at radius 3 is 2.06 bits per heavy atom. The summed E-state index contributed by atoms with van der Waals surface area (Å²) >= 11 is 0. The van der Waals surface area contributed by atoms with Crippen LogP contribution in [0.4, 0.5) is 18.9 Å². The molecular formula is C23H16F3N3O3S. The van der Waals surface area contributed by atoms with Crippen LogP contribution in [0.15, 0.2) is 88.3 Å². The van der Waals surface area contributed by atoms with Gasteiger partial charge in [0.05, 0.1) is 4.90 Å². The lowest BCUT2D eigenvalue weighted by atomic mass is 10.1. The highest BCUT2D eigenvalue weighted by Gasteiger charge is 2.38. The summed E-state index contributed by atoms with van der Waals surface area (Å²) in [6, 6.07) is 22.4. The molecule has 0 spiro atoms. The molecule has 4 rings (SSSR count). The van der Waals surface area contributed by atoms with E-state index < -0.39 is 22.1 Å². The molecule has 0 aliphatic carbocycles. The monoisotopic (exact) mass is 471 g/mol. The number of anilines is 1. The third kappa shape index (κ3) is 5.47. The normalized spacial score (nSPS) is 12.2. The summed E-state index contributed by atoms with van der Waals surface area (Å²) in [6.45, 7) is 0. The SMILES string of the molecule is O=S(=O)(Nc1ccc(/C=C/c2noc(C(F)(F)F)n2)cc1)c1ccc(-c2ccccc2)cc1. The molecule has 6 nitrogen and oxygen atoms in total. The Bertz CT molecular complexity index is 1360. The van der Waals surface area contributed by atoms with E-state index in [1.54, 1.807) is 24.3 Å². The molecule has 0 unspecified atom stereocenters. The van der Waals surface area contributed by atoms with E-state index in [0.717, 1.165) is 11.1 Å². The lowest BCUT2D eigenvalue weighted by molar-refractivity contribution is -0.159. The van der Waals surface area contributed by atoms with Crippen LogP contribution in [0, 0.1) is 0 Å². The van der Waals surface area contributed by atoms with E-state index in [0.29, 0.717) is 11.3 Å². The maximum absolute atomic E-state index is 12.7. The van der Waals surface area contributed by atoms with Crippen LogP contribution >= 0.6 is 0 Å². The highest BCUT2D eigenvalue weighted by Crippen LogP contribution is 2.27. The van der Waals surface area contributed by atoms with E-state index in [9.17, 15) is 21.6 Å². The van der Waals surface area contributed by atoms with Crippen molar-refractivity contribution in [2.24, 2.45) is 0 Å². The number of nitrogens with one attached hydrogen (secondary N) is 1. The number of alkyl halides is 3. The van der Waals surface area contributed by atoms with Crippen LogP contribution in [0.3, 0.4) is 0 Å². The summed E-state index contributed by atoms with van der Waals surface area (Å²) in [5.74, 6) is -1.66. The molecule has 0 aliphatic rings. The van der Waals surface area contributed by atoms with Gasteiger partial charge in [0.2, 0.25) is 0 Å². The van der Waals surface area contributed by atoms with Crippen molar-refractivity contribution >= 4 is 27.9 Å². The average Bonchev–Trinajstić information content (AvgIpc) is 3.29. The first-order valence-electron chi connectivity index (χ1n) is 9.58. The number of sulfonamides is 1. The van der Waals surface area contributed by atoms with Crippen LogP contribution in [0.2, 0.25) is 0 Å². The van der Waals surface area contributed by atoms with Gasteiger partial charge in [0.1, 0.15) is 0 Å². The largest absolute Gasteiger partial charge is 0.471 e. The molecule has 0 saturated carbocycles. The second kappa shape index (κ2) is 8.91. The van der Waals surface area contributed by atoms with Gasteiger partial charge < -0.3 is 4.52 Å². The molecule has 0 saturated heterocycles. The number of rotatable bonds is 6. The van der Waals surface area contributed by atoms with Gasteiger partial charge in [-0.05, 0) is 47.0 Å². The maximum Gasteiger partial charge on any atom is 0.471 e. The van der Waals surface area contributed by atoms with Crippen molar-refractivity contribution in [2.45, 2.75) is 11.1 Å². The summed E-state index contributed by atoms with van der Waals surface area (Å²) in [6.07, 6.45) is -1.97. The Balaban J connectivity index is 1.43. The third-order valence-electron chi connectivity index (χ3n) is 4.54. The molecule has 3 aromatic carbocycles. The first-order valence-corrected chi connectivity index (χ1v) is 11.1. The lowest BCUT2D eigenvalue weighted by Crippen LogP contribution is -2.12. The molecule has 1 heterocycles. The number of hydrogen-bond acceptors (Lipinski definition) is 5. The van der Waals surface area contributed by atoms with Gasteiger partial charge in [0.25, 0.3) is 10.0 Å². The lowest BCUT2D eigenvalue weighted by Gasteiger charge is -2.09. The Hall–Kier alpha value is -3.92. The second-order valence-electron chi connectivity index (χ2n) is 6.91. The van der Waals surface area contributed by atoms with Gasteiger partial charge in [-0.15, -0.1) is 0 Å². The third-order valence-corrected chi connectivity index (χ3v) is 5.94. The van der Waals surface area contributed by atoms with Crippen molar-refractivity contribution in [3.8, 4) is 11.1 Å². The predicted molar refractivity (Wildman–Crippen MR) is 117 cm³/mol. The molecule has 168 valence electrons. The summed E-state index contributed by atoms with van der Waals surface area (Å²) in [7, 11) is -3.80. The zero-order valence-corrected chi connectivity index (χ0v) is 17.6. The minimum atomic E-state index is -4.71. The fourth-order valence-corrected chi connectivity index (χ4v) is 3.98. The Labute approximate surface area is 187 Å². The van der Waals surface area contributed by atoms with Crippen molar-refractivity contribution in [1.82, 2.24) is 10.1 Å². The summed E-state index contributed by atoms with van der Waals surface area (Å²) in [4.78, 5) is 3.35. The zero-order valence-electron chi connectivity index (χ0n) is 16.8. The van der Waals surface area contributed by atoms with Gasteiger partial charge in [0, 0.05) is 5.69 Å². The van der Waals surface area contributed by atoms with Crippen LogP contribution in [-0.4, -0.2) is 18.6 Å². The Kier molecular flexibility index (Phi) is 6.01. The molecule has 4 aromatic rings. The van der Waals surface area contributed by atoms with Crippen LogP contribution < -0.4 is 4.72 Å². The minimum absolute atomic E-state index is 0.115. The molecule has 0 bridgehead atoms. The molecule has 0 atom stereocenters. The molecule has 0 aliphatic heterocycles. The van der Waals surface area contributed by atoms with Crippen molar-refractivity contribution in [3.05, 3.63) is 96.1 Å². The van der Waals surface area contributed by atoms with Crippen molar-refractivity contribution < 1.29 is 26.1 Å². The number of aromatic nitrogens is 2. The van der Waals surface area contributed by atoms with E-state index in [1.165, 1.54) is 36.4 Å². The standard InChI is InChI=1S/C23H16F3N3O3S/c24-23(25,26)22-27-21(28-32-22)15-8-16-6-11-19(12-7-16)29-33(30,31)20-13-9-18(10-14-20)17-4-2-1-3-5-17/h1-15,29H/b15-8+. The van der Waals surface area contributed by atoms with Gasteiger partial charge in [-0.2, -0.15) is 18.2 Å². The zero-order chi connectivity index (χ0) is 23.5. The number of hydrogen-bond donors (Lipinski definition) is 1. The van der Waals surface area contributed by atoms with E-state index in [4.69, 9.17) is 0 Å². The van der Waals surface area contributed by atoms with Crippen molar-refractivity contribution in [3.63, 3.8) is 0 Å². The molecule has 0 amide bonds. The van der Waals surface area contributed by atoms with Gasteiger partial charge >= 0.3 is 12.1 Å². The minimum Gasteiger partial charge on any atom is -0.329 e. The van der Waals surface area contributed by atoms with Gasteiger partial charge in [0.15, 0.2) is 5.82 Å². The number of halogens is 3. The topological polar surface area (TPSA) is 85.1 Å². The van der Waals surface area contributed by atoms with E-state index in [2.05, 4.69) is 19.4 Å². The summed E-state index contributed by atoms with van der Waals surface area (Å²) in [5, 5.41) is 3.24. The molecule has 10 heteroatoms. The van der Waals surface area contributed by atoms with E-state index in [-0.39, 0.29) is 10.7 Å². The van der Waals surface area contributed by atoms with Crippen LogP contribution in [-0.2, 0) is 16.2 Å². The van der Waals surface area contributed by atoms with Gasteiger partial charge in [-0.25, -0.2) is 8.42 Å². The van der Waals surface area contributed by atoms with E-state index in [1.807, 2.05) is 30.3 Å². The highest BCUT2D eigenvalue weighted by atomic mass is 32.2. The molecule has 1 N–H and O–H groups in total. The van der Waals surface area contributed by atoms with Crippen molar-refractivity contribution in [1.29, 1.82) is 0 Å². The Morgan fingerprint density at radius 2 is 1.45 bits per heavy atom. The smallest absolute Gasteiger partial charge is 0.329 e. The quantitative estimate of drug-likeness (QED) is 0.388. The van der Waals surface area contributed by atoms with Crippen LogP contribution in [0.1, 0.15) is 17.3 Å². The van der Waals surface area contributed by atoms with Gasteiger partial charge in [-0.1, -0.05) is 65.8 Å². The average molecular weight is 471 g/mol. The first kappa shape index (κ1) is 22.3. The fourth-order valence-electron chi connectivity index (χ4n) is 2.92. The predicted octanol–water partition coefficient (Wildman–Crippen LogP) is 5.73. The van der Waals surface area contributed by atoms with Crippen molar-refractivity contribution in [2.75, 3.05) is 4.72 Å². The molecule has 0 fully saturated rings.